The van der Waals surface area contributed by atoms with Crippen LogP contribution in [-0.4, -0.2) is 5.91 Å². The lowest BCUT2D eigenvalue weighted by atomic mass is 9.68. The third-order valence-corrected chi connectivity index (χ3v) is 8.06. The average Bonchev–Trinajstić information content (AvgIpc) is 3.41. The minimum atomic E-state index is -0.143. The molecule has 2 fully saturated rings. The lowest BCUT2D eigenvalue weighted by Gasteiger charge is -2.43. The van der Waals surface area contributed by atoms with Gasteiger partial charge < -0.3 is 10.6 Å². The van der Waals surface area contributed by atoms with E-state index < -0.39 is 0 Å². The van der Waals surface area contributed by atoms with Crippen LogP contribution in [0.3, 0.4) is 0 Å². The van der Waals surface area contributed by atoms with Crippen LogP contribution in [0.4, 0.5) is 11.4 Å². The van der Waals surface area contributed by atoms with Crippen LogP contribution in [0.1, 0.15) is 52.7 Å². The van der Waals surface area contributed by atoms with Crippen molar-refractivity contribution in [3.05, 3.63) is 93.5 Å². The molecular formula is C27H24Cl2N2O. The van der Waals surface area contributed by atoms with Crippen molar-refractivity contribution >= 4 is 40.5 Å². The Bertz CT molecular complexity index is 1180. The van der Waals surface area contributed by atoms with Crippen LogP contribution in [0.15, 0.2) is 66.7 Å². The summed E-state index contributed by atoms with van der Waals surface area (Å²) >= 11 is 12.2. The molecule has 2 N–H and O–H groups in total. The number of carbonyl (C=O) groups excluding carboxylic acids is 1. The van der Waals surface area contributed by atoms with E-state index in [0.29, 0.717) is 45.1 Å². The molecular weight excluding hydrogens is 439 g/mol. The van der Waals surface area contributed by atoms with E-state index >= 15 is 0 Å². The van der Waals surface area contributed by atoms with Crippen LogP contribution >= 0.6 is 23.2 Å². The highest BCUT2D eigenvalue weighted by Gasteiger charge is 2.53. The molecule has 5 atom stereocenters. The van der Waals surface area contributed by atoms with Gasteiger partial charge in [0.15, 0.2) is 0 Å². The fourth-order valence-electron chi connectivity index (χ4n) is 6.45. The Morgan fingerprint density at radius 3 is 2.44 bits per heavy atom. The van der Waals surface area contributed by atoms with Crippen molar-refractivity contribution in [2.24, 2.45) is 17.8 Å². The molecule has 5 heteroatoms. The first-order chi connectivity index (χ1) is 15.6. The monoisotopic (exact) mass is 462 g/mol. The summed E-state index contributed by atoms with van der Waals surface area (Å²) in [6.45, 7) is 0. The van der Waals surface area contributed by atoms with Gasteiger partial charge in [0.25, 0.3) is 5.91 Å². The number of nitrogens with one attached hydrogen (secondary N) is 2. The van der Waals surface area contributed by atoms with Crippen molar-refractivity contribution in [2.75, 3.05) is 10.6 Å². The number of benzene rings is 3. The summed E-state index contributed by atoms with van der Waals surface area (Å²) in [6, 6.07) is 22.3. The van der Waals surface area contributed by atoms with Crippen molar-refractivity contribution in [2.45, 2.75) is 31.2 Å². The van der Waals surface area contributed by atoms with E-state index in [9.17, 15) is 4.79 Å². The van der Waals surface area contributed by atoms with Gasteiger partial charge in [0, 0.05) is 27.0 Å². The molecule has 1 amide bonds. The van der Waals surface area contributed by atoms with Crippen LogP contribution in [0.25, 0.3) is 0 Å². The third kappa shape index (κ3) is 3.39. The van der Waals surface area contributed by atoms with Crippen LogP contribution < -0.4 is 10.6 Å². The average molecular weight is 463 g/mol. The maximum absolute atomic E-state index is 13.0. The topological polar surface area (TPSA) is 41.1 Å². The maximum atomic E-state index is 13.0. The summed E-state index contributed by atoms with van der Waals surface area (Å²) in [5, 5.41) is 7.78. The predicted molar refractivity (Wildman–Crippen MR) is 131 cm³/mol. The standard InChI is InChI=1S/C27H24Cl2N2O/c28-19-12-20(29)14-21(13-19)30-27(32)18-8-9-23-22(11-18)24-16-6-7-17(10-16)25(24)26(31-23)15-4-2-1-3-5-15/h1-5,8-9,11-14,16-17,24-26,31H,6-7,10H2,(H,30,32)/t16-,17-,24-,25+,26+/m0/s1. The molecule has 2 saturated carbocycles. The fraction of sp³-hybridized carbons (Fsp3) is 0.296. The van der Waals surface area contributed by atoms with Gasteiger partial charge in [-0.1, -0.05) is 53.5 Å². The number of hydrogen-bond donors (Lipinski definition) is 2. The number of rotatable bonds is 3. The summed E-state index contributed by atoms with van der Waals surface area (Å²) in [5.74, 6) is 2.40. The molecule has 1 heterocycles. The van der Waals surface area contributed by atoms with Gasteiger partial charge in [-0.25, -0.2) is 0 Å². The van der Waals surface area contributed by atoms with Gasteiger partial charge in [0.05, 0.1) is 6.04 Å². The Morgan fingerprint density at radius 2 is 1.66 bits per heavy atom. The molecule has 6 rings (SSSR count). The zero-order valence-electron chi connectivity index (χ0n) is 17.5. The van der Waals surface area contributed by atoms with Gasteiger partial charge in [0.1, 0.15) is 0 Å². The number of amides is 1. The lowest BCUT2D eigenvalue weighted by molar-refractivity contribution is 0.102. The van der Waals surface area contributed by atoms with Crippen LogP contribution in [0.2, 0.25) is 10.0 Å². The highest BCUT2D eigenvalue weighted by molar-refractivity contribution is 6.35. The molecule has 162 valence electrons. The maximum Gasteiger partial charge on any atom is 0.255 e. The van der Waals surface area contributed by atoms with Gasteiger partial charge >= 0.3 is 0 Å². The summed E-state index contributed by atoms with van der Waals surface area (Å²) in [6.07, 6.45) is 3.92. The largest absolute Gasteiger partial charge is 0.378 e. The van der Waals surface area contributed by atoms with Gasteiger partial charge in [0.2, 0.25) is 0 Å². The summed E-state index contributed by atoms with van der Waals surface area (Å²) in [5.41, 5.74) is 5.09. The zero-order valence-corrected chi connectivity index (χ0v) is 19.0. The summed E-state index contributed by atoms with van der Waals surface area (Å²) < 4.78 is 0. The molecule has 0 spiro atoms. The van der Waals surface area contributed by atoms with E-state index in [4.69, 9.17) is 23.2 Å². The van der Waals surface area contributed by atoms with Crippen LogP contribution in [0.5, 0.6) is 0 Å². The van der Waals surface area contributed by atoms with E-state index in [1.165, 1.54) is 30.4 Å². The fourth-order valence-corrected chi connectivity index (χ4v) is 6.97. The number of anilines is 2. The van der Waals surface area contributed by atoms with Crippen molar-refractivity contribution < 1.29 is 4.79 Å². The number of halogens is 2. The molecule has 0 aromatic heterocycles. The first-order valence-corrected chi connectivity index (χ1v) is 12.1. The first kappa shape index (κ1) is 20.1. The molecule has 1 aliphatic heterocycles. The second-order valence-electron chi connectivity index (χ2n) is 9.38. The van der Waals surface area contributed by atoms with E-state index in [-0.39, 0.29) is 5.91 Å². The molecule has 2 bridgehead atoms. The van der Waals surface area contributed by atoms with E-state index in [2.05, 4.69) is 53.1 Å². The van der Waals surface area contributed by atoms with E-state index in [1.54, 1.807) is 18.2 Å². The Morgan fingerprint density at radius 1 is 0.906 bits per heavy atom. The van der Waals surface area contributed by atoms with Crippen molar-refractivity contribution in [3.63, 3.8) is 0 Å². The first-order valence-electron chi connectivity index (χ1n) is 11.3. The molecule has 2 aliphatic carbocycles. The molecule has 3 nitrogen and oxygen atoms in total. The van der Waals surface area contributed by atoms with E-state index in [0.717, 1.165) is 11.6 Å². The van der Waals surface area contributed by atoms with Crippen molar-refractivity contribution in [1.29, 1.82) is 0 Å². The Balaban J connectivity index is 1.34. The molecule has 3 aromatic rings. The van der Waals surface area contributed by atoms with Gasteiger partial charge in [-0.15, -0.1) is 0 Å². The highest BCUT2D eigenvalue weighted by Crippen LogP contribution is 2.63. The normalized spacial score (nSPS) is 27.4. The van der Waals surface area contributed by atoms with Crippen molar-refractivity contribution in [1.82, 2.24) is 0 Å². The second kappa shape index (κ2) is 7.83. The van der Waals surface area contributed by atoms with Crippen molar-refractivity contribution in [3.8, 4) is 0 Å². The molecule has 3 aliphatic rings. The highest BCUT2D eigenvalue weighted by atomic mass is 35.5. The van der Waals surface area contributed by atoms with Gasteiger partial charge in [-0.2, -0.15) is 0 Å². The quantitative estimate of drug-likeness (QED) is 0.421. The molecule has 32 heavy (non-hydrogen) atoms. The number of fused-ring (bicyclic) bond motifs is 7. The predicted octanol–water partition coefficient (Wildman–Crippen LogP) is 7.54. The Hall–Kier alpha value is -2.49. The Kier molecular flexibility index (Phi) is 4.93. The zero-order chi connectivity index (χ0) is 21.8. The molecule has 3 aromatic carbocycles. The molecule has 0 radical (unpaired) electrons. The summed E-state index contributed by atoms with van der Waals surface area (Å²) in [4.78, 5) is 13.0. The minimum absolute atomic E-state index is 0.143. The smallest absolute Gasteiger partial charge is 0.255 e. The number of carbonyl (C=O) groups is 1. The van der Waals surface area contributed by atoms with Gasteiger partial charge in [-0.3, -0.25) is 4.79 Å². The second-order valence-corrected chi connectivity index (χ2v) is 10.3. The lowest BCUT2D eigenvalue weighted by Crippen LogP contribution is -2.35. The Labute approximate surface area is 198 Å². The minimum Gasteiger partial charge on any atom is -0.378 e. The SMILES string of the molecule is O=C(Nc1cc(Cl)cc(Cl)c1)c1ccc2c(c1)[C@@H]1[C@H]3CC[C@@H](C3)[C@H]1[C@@H](c1ccccc1)N2. The van der Waals surface area contributed by atoms with Crippen LogP contribution in [-0.2, 0) is 0 Å². The van der Waals surface area contributed by atoms with Crippen LogP contribution in [0, 0.1) is 17.8 Å². The van der Waals surface area contributed by atoms with Gasteiger partial charge in [-0.05, 0) is 90.5 Å². The molecule has 0 unspecified atom stereocenters. The number of hydrogen-bond acceptors (Lipinski definition) is 2. The molecule has 0 saturated heterocycles. The van der Waals surface area contributed by atoms with E-state index in [1.807, 2.05) is 6.07 Å². The summed E-state index contributed by atoms with van der Waals surface area (Å²) in [7, 11) is 0. The third-order valence-electron chi connectivity index (χ3n) is 7.63.